The quantitative estimate of drug-likeness (QED) is 0.311. The Morgan fingerprint density at radius 3 is 2.42 bits per heavy atom. The Balaban J connectivity index is 1.45. The van der Waals surface area contributed by atoms with Gasteiger partial charge < -0.3 is 4.74 Å². The summed E-state index contributed by atoms with van der Waals surface area (Å²) >= 11 is 1.52. The van der Waals surface area contributed by atoms with Gasteiger partial charge in [0.2, 0.25) is 5.13 Å². The van der Waals surface area contributed by atoms with Crippen molar-refractivity contribution in [1.29, 1.82) is 0 Å². The fourth-order valence-corrected chi connectivity index (χ4v) is 4.36. The van der Waals surface area contributed by atoms with Gasteiger partial charge in [0.1, 0.15) is 5.75 Å². The monoisotopic (exact) mass is 452 g/mol. The number of benzene rings is 3. The summed E-state index contributed by atoms with van der Waals surface area (Å²) in [6.07, 6.45) is 4.44. The van der Waals surface area contributed by atoms with Crippen LogP contribution >= 0.6 is 11.3 Å². The molecule has 164 valence electrons. The van der Waals surface area contributed by atoms with Gasteiger partial charge in [0.05, 0.1) is 24.6 Å². The molecule has 0 radical (unpaired) electrons. The highest BCUT2D eigenvalue weighted by molar-refractivity contribution is 7.13. The molecular weight excluding hydrogens is 428 g/mol. The predicted molar refractivity (Wildman–Crippen MR) is 136 cm³/mol. The highest BCUT2D eigenvalue weighted by Crippen LogP contribution is 2.37. The molecule has 4 aromatic rings. The Labute approximate surface area is 197 Å². The molecule has 0 bridgehead atoms. The summed E-state index contributed by atoms with van der Waals surface area (Å²) in [5.41, 5.74) is 6.77. The number of hydrazone groups is 1. The van der Waals surface area contributed by atoms with Gasteiger partial charge in [-0.25, -0.2) is 9.98 Å². The van der Waals surface area contributed by atoms with Gasteiger partial charge in [-0.15, -0.1) is 11.3 Å². The minimum absolute atomic E-state index is 0.113. The van der Waals surface area contributed by atoms with Crippen molar-refractivity contribution >= 4 is 34.1 Å². The van der Waals surface area contributed by atoms with Gasteiger partial charge in [-0.2, -0.15) is 5.10 Å². The number of methoxy groups -OCH3 is 1. The van der Waals surface area contributed by atoms with E-state index in [1.807, 2.05) is 23.7 Å². The number of anilines is 1. The maximum atomic E-state index is 5.35. The highest BCUT2D eigenvalue weighted by Gasteiger charge is 2.30. The second-order valence-electron chi connectivity index (χ2n) is 7.91. The lowest BCUT2D eigenvalue weighted by Crippen LogP contribution is -2.18. The van der Waals surface area contributed by atoms with Crippen molar-refractivity contribution < 1.29 is 4.74 Å². The number of thiazole rings is 1. The van der Waals surface area contributed by atoms with Crippen LogP contribution in [0.5, 0.6) is 5.75 Å². The first kappa shape index (κ1) is 21.1. The minimum Gasteiger partial charge on any atom is -0.497 e. The molecule has 3 aromatic carbocycles. The molecule has 2 heterocycles. The van der Waals surface area contributed by atoms with E-state index >= 15 is 0 Å². The van der Waals surface area contributed by atoms with Gasteiger partial charge in [0.15, 0.2) is 0 Å². The first-order chi connectivity index (χ1) is 16.2. The Morgan fingerprint density at radius 2 is 1.76 bits per heavy atom. The molecule has 0 amide bonds. The van der Waals surface area contributed by atoms with E-state index in [2.05, 4.69) is 82.6 Å². The third-order valence-corrected chi connectivity index (χ3v) is 6.38. The molecule has 1 aromatic heterocycles. The van der Waals surface area contributed by atoms with Crippen LogP contribution in [0.25, 0.3) is 0 Å². The largest absolute Gasteiger partial charge is 0.497 e. The van der Waals surface area contributed by atoms with Crippen LogP contribution < -0.4 is 9.75 Å². The van der Waals surface area contributed by atoms with Gasteiger partial charge in [0, 0.05) is 24.2 Å². The van der Waals surface area contributed by atoms with Crippen LogP contribution in [0.3, 0.4) is 0 Å². The van der Waals surface area contributed by atoms with Gasteiger partial charge in [0.25, 0.3) is 0 Å². The molecule has 5 nitrogen and oxygen atoms in total. The number of hydrogen-bond acceptors (Lipinski definition) is 6. The molecule has 5 rings (SSSR count). The SMILES string of the molecule is COc1ccc(C2CC(c3ccc(C)cc3)=NN2c2ccc(C=Nc3nccs3)cc2)cc1. The maximum absolute atomic E-state index is 5.35. The van der Waals surface area contributed by atoms with E-state index < -0.39 is 0 Å². The lowest BCUT2D eigenvalue weighted by Gasteiger charge is -2.24. The third-order valence-electron chi connectivity index (χ3n) is 5.70. The average molecular weight is 453 g/mol. The van der Waals surface area contributed by atoms with Crippen LogP contribution in [-0.4, -0.2) is 24.0 Å². The van der Waals surface area contributed by atoms with Crippen molar-refractivity contribution in [2.45, 2.75) is 19.4 Å². The molecule has 1 unspecified atom stereocenters. The number of ether oxygens (including phenoxy) is 1. The van der Waals surface area contributed by atoms with E-state index in [4.69, 9.17) is 9.84 Å². The minimum atomic E-state index is 0.113. The number of hydrogen-bond donors (Lipinski definition) is 0. The van der Waals surface area contributed by atoms with Gasteiger partial charge in [-0.3, -0.25) is 5.01 Å². The number of rotatable bonds is 6. The normalized spacial score (nSPS) is 15.8. The van der Waals surface area contributed by atoms with Crippen LogP contribution in [0.2, 0.25) is 0 Å². The summed E-state index contributed by atoms with van der Waals surface area (Å²) < 4.78 is 5.35. The van der Waals surface area contributed by atoms with E-state index in [9.17, 15) is 0 Å². The van der Waals surface area contributed by atoms with Crippen LogP contribution in [0.15, 0.2) is 94.5 Å². The summed E-state index contributed by atoms with van der Waals surface area (Å²) in [5, 5.41) is 9.85. The van der Waals surface area contributed by atoms with E-state index in [0.29, 0.717) is 0 Å². The summed E-state index contributed by atoms with van der Waals surface area (Å²) in [7, 11) is 1.69. The molecule has 33 heavy (non-hydrogen) atoms. The average Bonchev–Trinajstić information content (AvgIpc) is 3.54. The molecule has 0 N–H and O–H groups in total. The van der Waals surface area contributed by atoms with Gasteiger partial charge in [-0.1, -0.05) is 54.1 Å². The molecule has 0 saturated heterocycles. The summed E-state index contributed by atoms with van der Waals surface area (Å²) in [4.78, 5) is 8.63. The van der Waals surface area contributed by atoms with Gasteiger partial charge >= 0.3 is 0 Å². The summed E-state index contributed by atoms with van der Waals surface area (Å²) in [5.74, 6) is 0.854. The Kier molecular flexibility index (Phi) is 6.00. The Morgan fingerprint density at radius 1 is 1.00 bits per heavy atom. The number of nitrogens with zero attached hydrogens (tertiary/aromatic N) is 4. The fourth-order valence-electron chi connectivity index (χ4n) is 3.88. The Hall–Kier alpha value is -3.77. The van der Waals surface area contributed by atoms with E-state index in [0.717, 1.165) is 39.8 Å². The van der Waals surface area contributed by atoms with Crippen molar-refractivity contribution in [3.8, 4) is 5.75 Å². The number of aliphatic imine (C=N–C) groups is 1. The van der Waals surface area contributed by atoms with Crippen molar-refractivity contribution in [2.75, 3.05) is 12.1 Å². The predicted octanol–water partition coefficient (Wildman–Crippen LogP) is 6.57. The van der Waals surface area contributed by atoms with Crippen LogP contribution in [0, 0.1) is 6.92 Å². The Bertz CT molecular complexity index is 1260. The zero-order chi connectivity index (χ0) is 22.6. The van der Waals surface area contributed by atoms with Crippen molar-refractivity contribution in [2.24, 2.45) is 10.1 Å². The van der Waals surface area contributed by atoms with E-state index in [1.165, 1.54) is 22.5 Å². The topological polar surface area (TPSA) is 50.1 Å². The standard InChI is InChI=1S/C27H24N4OS/c1-19-3-7-21(8-4-19)25-17-26(22-9-13-24(32-2)14-10-22)31(30-25)23-11-5-20(6-12-23)18-29-27-28-15-16-33-27/h3-16,18,26H,17H2,1-2H3. The fraction of sp³-hybridized carbons (Fsp3) is 0.148. The van der Waals surface area contributed by atoms with Crippen molar-refractivity contribution in [3.05, 3.63) is 107 Å². The molecule has 1 aliphatic rings. The van der Waals surface area contributed by atoms with Crippen molar-refractivity contribution in [1.82, 2.24) is 4.98 Å². The zero-order valence-electron chi connectivity index (χ0n) is 18.6. The van der Waals surface area contributed by atoms with Crippen molar-refractivity contribution in [3.63, 3.8) is 0 Å². The first-order valence-corrected chi connectivity index (χ1v) is 11.7. The lowest BCUT2D eigenvalue weighted by molar-refractivity contribution is 0.414. The van der Waals surface area contributed by atoms with Gasteiger partial charge in [-0.05, 0) is 47.9 Å². The molecule has 0 spiro atoms. The van der Waals surface area contributed by atoms with Crippen LogP contribution in [0.1, 0.15) is 34.7 Å². The highest BCUT2D eigenvalue weighted by atomic mass is 32.1. The molecular formula is C27H24N4OS. The lowest BCUT2D eigenvalue weighted by atomic mass is 9.97. The molecule has 1 atom stereocenters. The van der Waals surface area contributed by atoms with E-state index in [1.54, 1.807) is 13.3 Å². The maximum Gasteiger partial charge on any atom is 0.208 e. The van der Waals surface area contributed by atoms with E-state index in [-0.39, 0.29) is 6.04 Å². The third kappa shape index (κ3) is 4.71. The molecule has 0 fully saturated rings. The smallest absolute Gasteiger partial charge is 0.208 e. The second kappa shape index (κ2) is 9.38. The molecule has 0 aliphatic carbocycles. The zero-order valence-corrected chi connectivity index (χ0v) is 19.4. The van der Waals surface area contributed by atoms with Crippen LogP contribution in [-0.2, 0) is 0 Å². The summed E-state index contributed by atoms with van der Waals surface area (Å²) in [6.45, 7) is 2.10. The van der Waals surface area contributed by atoms with Crippen LogP contribution in [0.4, 0.5) is 10.8 Å². The first-order valence-electron chi connectivity index (χ1n) is 10.8. The number of aryl methyl sites for hydroxylation is 1. The number of aromatic nitrogens is 1. The molecule has 6 heteroatoms. The second-order valence-corrected chi connectivity index (χ2v) is 8.79. The summed E-state index contributed by atoms with van der Waals surface area (Å²) in [6, 6.07) is 25.3. The molecule has 1 aliphatic heterocycles. The molecule has 0 saturated carbocycles.